The summed E-state index contributed by atoms with van der Waals surface area (Å²) in [6, 6.07) is 12.7. The van der Waals surface area contributed by atoms with Crippen molar-refractivity contribution in [2.45, 2.75) is 32.2 Å². The third kappa shape index (κ3) is 4.39. The second-order valence-corrected chi connectivity index (χ2v) is 7.57. The van der Waals surface area contributed by atoms with Crippen molar-refractivity contribution in [3.05, 3.63) is 71.6 Å². The predicted molar refractivity (Wildman–Crippen MR) is 109 cm³/mol. The van der Waals surface area contributed by atoms with Crippen LogP contribution in [0.1, 0.15) is 35.8 Å². The fourth-order valence-electron chi connectivity index (χ4n) is 3.90. The molecule has 6 heteroatoms. The topological polar surface area (TPSA) is 46.0 Å². The molecule has 0 spiro atoms. The maximum atomic E-state index is 13.1. The molecule has 28 heavy (non-hydrogen) atoms. The first-order valence-corrected chi connectivity index (χ1v) is 9.77. The van der Waals surface area contributed by atoms with Crippen LogP contribution in [-0.2, 0) is 13.6 Å². The van der Waals surface area contributed by atoms with Crippen molar-refractivity contribution in [2.75, 3.05) is 18.4 Å². The van der Waals surface area contributed by atoms with Gasteiger partial charge in [-0.05, 0) is 68.8 Å². The van der Waals surface area contributed by atoms with Gasteiger partial charge < -0.3 is 5.32 Å². The van der Waals surface area contributed by atoms with Crippen molar-refractivity contribution in [1.82, 2.24) is 19.7 Å². The molecule has 3 heterocycles. The van der Waals surface area contributed by atoms with Gasteiger partial charge in [-0.2, -0.15) is 5.10 Å². The van der Waals surface area contributed by atoms with Gasteiger partial charge in [-0.25, -0.2) is 4.39 Å². The van der Waals surface area contributed by atoms with Crippen LogP contribution in [0.15, 0.2) is 48.7 Å². The maximum Gasteiger partial charge on any atom is 0.123 e. The average Bonchev–Trinajstić information content (AvgIpc) is 3.08. The molecule has 0 amide bonds. The highest BCUT2D eigenvalue weighted by molar-refractivity contribution is 5.60. The number of benzene rings is 1. The van der Waals surface area contributed by atoms with Crippen LogP contribution in [-0.4, -0.2) is 32.8 Å². The molecule has 0 aliphatic carbocycles. The minimum atomic E-state index is -0.229. The van der Waals surface area contributed by atoms with E-state index in [1.165, 1.54) is 24.2 Å². The fourth-order valence-corrected chi connectivity index (χ4v) is 3.90. The van der Waals surface area contributed by atoms with E-state index in [4.69, 9.17) is 4.98 Å². The van der Waals surface area contributed by atoms with Gasteiger partial charge in [-0.1, -0.05) is 0 Å². The molecule has 0 saturated carbocycles. The number of pyridine rings is 1. The Labute approximate surface area is 165 Å². The Balaban J connectivity index is 1.49. The molecule has 1 atom stereocenters. The zero-order valence-electron chi connectivity index (χ0n) is 16.4. The van der Waals surface area contributed by atoms with Crippen molar-refractivity contribution in [2.24, 2.45) is 7.05 Å². The second kappa shape index (κ2) is 8.10. The van der Waals surface area contributed by atoms with Crippen LogP contribution < -0.4 is 5.32 Å². The van der Waals surface area contributed by atoms with Gasteiger partial charge in [0.15, 0.2) is 0 Å². The zero-order chi connectivity index (χ0) is 19.5. The number of hydrogen-bond acceptors (Lipinski definition) is 4. The Morgan fingerprint density at radius 3 is 2.71 bits per heavy atom. The number of hydrogen-bond donors (Lipinski definition) is 1. The van der Waals surface area contributed by atoms with Gasteiger partial charge in [0.05, 0.1) is 5.69 Å². The van der Waals surface area contributed by atoms with Crippen LogP contribution in [0.25, 0.3) is 0 Å². The lowest BCUT2D eigenvalue weighted by Gasteiger charge is -2.32. The number of piperidine rings is 1. The Morgan fingerprint density at radius 1 is 1.14 bits per heavy atom. The summed E-state index contributed by atoms with van der Waals surface area (Å²) in [4.78, 5) is 7.31. The monoisotopic (exact) mass is 379 g/mol. The minimum Gasteiger partial charge on any atom is -0.355 e. The molecule has 3 aromatic rings. The van der Waals surface area contributed by atoms with Crippen LogP contribution >= 0.6 is 0 Å². The molecule has 1 fully saturated rings. The van der Waals surface area contributed by atoms with Crippen LogP contribution in [0.4, 0.5) is 15.8 Å². The van der Waals surface area contributed by atoms with Gasteiger partial charge in [0.2, 0.25) is 0 Å². The number of rotatable bonds is 5. The van der Waals surface area contributed by atoms with Gasteiger partial charge in [-0.3, -0.25) is 14.6 Å². The van der Waals surface area contributed by atoms with Gasteiger partial charge >= 0.3 is 0 Å². The second-order valence-electron chi connectivity index (χ2n) is 7.57. The van der Waals surface area contributed by atoms with E-state index in [1.54, 1.807) is 12.1 Å². The molecule has 0 bridgehead atoms. The normalized spacial score (nSPS) is 17.6. The summed E-state index contributed by atoms with van der Waals surface area (Å²) in [6.45, 7) is 5.04. The van der Waals surface area contributed by atoms with Gasteiger partial charge in [-0.15, -0.1) is 0 Å². The van der Waals surface area contributed by atoms with Crippen molar-refractivity contribution in [1.29, 1.82) is 0 Å². The standard InChI is InChI=1S/C22H26FN5/c1-16-12-20(26-19-7-5-18(23)6-8-19)13-22(25-16)17-4-3-11-28(14-17)15-21-9-10-24-27(21)2/h5-10,12-13,17H,3-4,11,14-15H2,1-2H3,(H,25,26)/t17-/m0/s1. The Morgan fingerprint density at radius 2 is 1.96 bits per heavy atom. The predicted octanol–water partition coefficient (Wildman–Crippen LogP) is 4.39. The van der Waals surface area contributed by atoms with E-state index < -0.39 is 0 Å². The molecular weight excluding hydrogens is 353 g/mol. The molecule has 146 valence electrons. The lowest BCUT2D eigenvalue weighted by Crippen LogP contribution is -2.34. The number of likely N-dealkylation sites (tertiary alicyclic amines) is 1. The van der Waals surface area contributed by atoms with E-state index >= 15 is 0 Å². The number of anilines is 2. The number of nitrogens with one attached hydrogen (secondary N) is 1. The summed E-state index contributed by atoms with van der Waals surface area (Å²) in [5, 5.41) is 7.65. The molecule has 1 aliphatic heterocycles. The van der Waals surface area contributed by atoms with E-state index in [1.807, 2.05) is 30.9 Å². The highest BCUT2D eigenvalue weighted by atomic mass is 19.1. The van der Waals surface area contributed by atoms with Gasteiger partial charge in [0.25, 0.3) is 0 Å². The van der Waals surface area contributed by atoms with Gasteiger partial charge in [0, 0.05) is 55.0 Å². The summed E-state index contributed by atoms with van der Waals surface area (Å²) < 4.78 is 15.1. The fraction of sp³-hybridized carbons (Fsp3) is 0.364. The van der Waals surface area contributed by atoms with E-state index in [0.717, 1.165) is 48.8 Å². The van der Waals surface area contributed by atoms with Crippen LogP contribution in [0.5, 0.6) is 0 Å². The van der Waals surface area contributed by atoms with Crippen molar-refractivity contribution < 1.29 is 4.39 Å². The molecule has 5 nitrogen and oxygen atoms in total. The van der Waals surface area contributed by atoms with Crippen molar-refractivity contribution in [3.63, 3.8) is 0 Å². The lowest BCUT2D eigenvalue weighted by atomic mass is 9.93. The molecular formula is C22H26FN5. The molecule has 0 radical (unpaired) electrons. The minimum absolute atomic E-state index is 0.229. The molecule has 1 aliphatic rings. The zero-order valence-corrected chi connectivity index (χ0v) is 16.4. The van der Waals surface area contributed by atoms with E-state index in [2.05, 4.69) is 27.4 Å². The van der Waals surface area contributed by atoms with E-state index in [0.29, 0.717) is 5.92 Å². The number of aryl methyl sites for hydroxylation is 2. The summed E-state index contributed by atoms with van der Waals surface area (Å²) in [7, 11) is 1.99. The first kappa shape index (κ1) is 18.6. The van der Waals surface area contributed by atoms with E-state index in [-0.39, 0.29) is 5.82 Å². The van der Waals surface area contributed by atoms with Gasteiger partial charge in [0.1, 0.15) is 5.82 Å². The molecule has 4 rings (SSSR count). The van der Waals surface area contributed by atoms with Crippen LogP contribution in [0.2, 0.25) is 0 Å². The molecule has 1 aromatic carbocycles. The average molecular weight is 379 g/mol. The number of nitrogens with zero attached hydrogens (tertiary/aromatic N) is 4. The third-order valence-corrected chi connectivity index (χ3v) is 5.34. The summed E-state index contributed by atoms with van der Waals surface area (Å²) >= 11 is 0. The molecule has 1 saturated heterocycles. The Bertz CT molecular complexity index is 934. The molecule has 1 N–H and O–H groups in total. The SMILES string of the molecule is Cc1cc(Nc2ccc(F)cc2)cc([C@H]2CCCN(Cc3ccnn3C)C2)n1. The highest BCUT2D eigenvalue weighted by Gasteiger charge is 2.23. The quantitative estimate of drug-likeness (QED) is 0.714. The number of aromatic nitrogens is 3. The molecule has 2 aromatic heterocycles. The first-order valence-electron chi connectivity index (χ1n) is 9.77. The molecule has 0 unspecified atom stereocenters. The summed E-state index contributed by atoms with van der Waals surface area (Å²) in [6.07, 6.45) is 4.17. The largest absolute Gasteiger partial charge is 0.355 e. The third-order valence-electron chi connectivity index (χ3n) is 5.34. The smallest absolute Gasteiger partial charge is 0.123 e. The number of halogens is 1. The first-order chi connectivity index (χ1) is 13.6. The summed E-state index contributed by atoms with van der Waals surface area (Å²) in [5.74, 6) is 0.184. The van der Waals surface area contributed by atoms with Crippen molar-refractivity contribution in [3.8, 4) is 0 Å². The Hall–Kier alpha value is -2.73. The van der Waals surface area contributed by atoms with Crippen LogP contribution in [0, 0.1) is 12.7 Å². The van der Waals surface area contributed by atoms with Crippen molar-refractivity contribution >= 4 is 11.4 Å². The summed E-state index contributed by atoms with van der Waals surface area (Å²) in [5.41, 5.74) is 5.22. The highest BCUT2D eigenvalue weighted by Crippen LogP contribution is 2.29. The maximum absolute atomic E-state index is 13.1. The van der Waals surface area contributed by atoms with E-state index in [9.17, 15) is 4.39 Å². The Kier molecular flexibility index (Phi) is 5.39. The lowest BCUT2D eigenvalue weighted by molar-refractivity contribution is 0.194. The van der Waals surface area contributed by atoms with Crippen LogP contribution in [0.3, 0.4) is 0 Å².